The molecule has 3 aliphatic heterocycles. The molecule has 2 aromatic carbocycles. The second-order valence-corrected chi connectivity index (χ2v) is 12.7. The lowest BCUT2D eigenvalue weighted by molar-refractivity contribution is -0.0592. The lowest BCUT2D eigenvalue weighted by Gasteiger charge is -2.33. The molecule has 0 bridgehead atoms. The summed E-state index contributed by atoms with van der Waals surface area (Å²) in [4.78, 5) is 12.0. The van der Waals surface area contributed by atoms with E-state index in [9.17, 15) is 0 Å². The molecule has 0 spiro atoms. The predicted octanol–water partition coefficient (Wildman–Crippen LogP) is 6.31. The average molecular weight is 630 g/mol. The van der Waals surface area contributed by atoms with Crippen LogP contribution < -0.4 is 4.74 Å². The second-order valence-electron chi connectivity index (χ2n) is 12.2. The van der Waals surface area contributed by atoms with Crippen LogP contribution >= 0.6 is 11.6 Å². The van der Waals surface area contributed by atoms with Crippen LogP contribution in [0.3, 0.4) is 0 Å². The summed E-state index contributed by atoms with van der Waals surface area (Å²) in [6.07, 6.45) is 6.96. The minimum atomic E-state index is -0.126. The molecule has 1 N–H and O–H groups in total. The molecule has 0 aliphatic carbocycles. The number of nitrogens with one attached hydrogen (secondary N) is 1. The van der Waals surface area contributed by atoms with E-state index in [0.29, 0.717) is 24.8 Å². The summed E-state index contributed by atoms with van der Waals surface area (Å²) in [6, 6.07) is 16.4. The molecule has 2 fully saturated rings. The minimum absolute atomic E-state index is 0.0412. The first kappa shape index (κ1) is 30.2. The molecule has 10 heteroatoms. The van der Waals surface area contributed by atoms with E-state index in [-0.39, 0.29) is 18.1 Å². The fraction of sp³-hybridized carbons (Fsp3) is 0.457. The van der Waals surface area contributed by atoms with Crippen molar-refractivity contribution in [3.8, 4) is 5.75 Å². The molecule has 0 saturated carbocycles. The van der Waals surface area contributed by atoms with Gasteiger partial charge in [0.2, 0.25) is 5.90 Å². The molecule has 7 rings (SSSR count). The Kier molecular flexibility index (Phi) is 9.03. The maximum atomic E-state index is 8.04. The van der Waals surface area contributed by atoms with Gasteiger partial charge in [-0.25, -0.2) is 9.97 Å². The maximum absolute atomic E-state index is 8.04. The van der Waals surface area contributed by atoms with Gasteiger partial charge in [0.1, 0.15) is 30.0 Å². The Balaban J connectivity index is 1.06. The van der Waals surface area contributed by atoms with E-state index in [2.05, 4.69) is 32.7 Å². The molecule has 4 aromatic rings. The van der Waals surface area contributed by atoms with Crippen molar-refractivity contribution in [3.63, 3.8) is 0 Å². The summed E-state index contributed by atoms with van der Waals surface area (Å²) in [6.45, 7) is 5.47. The Labute approximate surface area is 268 Å². The van der Waals surface area contributed by atoms with Crippen molar-refractivity contribution >= 4 is 28.5 Å². The number of methoxy groups -OCH3 is 1. The van der Waals surface area contributed by atoms with Gasteiger partial charge in [0, 0.05) is 18.2 Å². The van der Waals surface area contributed by atoms with Gasteiger partial charge in [-0.15, -0.1) is 0 Å². The standard InChI is InChI=1S/C35H40ClN5O4/c1-42-35(37)30-18-29-31(19-38-30)41(20-27-13-17-43-27)33(39-29)21-40-14-11-23(12-15-40)28-6-2-4-25-5-3-16-44-32(22-45-34(25)28)24-7-9-26(36)10-8-24/h2,4,6-10,18-19,23,27,32,37H,3,5,11-17,20-22H2,1H3/t27-,32-/m0/s1. The first-order valence-corrected chi connectivity index (χ1v) is 16.4. The number of fused-ring (bicyclic) bond motifs is 2. The van der Waals surface area contributed by atoms with E-state index in [1.54, 1.807) is 0 Å². The molecular formula is C35H40ClN5O4. The summed E-state index contributed by atoms with van der Waals surface area (Å²) in [5.41, 5.74) is 5.98. The molecule has 2 aromatic heterocycles. The molecule has 0 radical (unpaired) electrons. The van der Waals surface area contributed by atoms with Gasteiger partial charge in [-0.1, -0.05) is 41.9 Å². The van der Waals surface area contributed by atoms with Gasteiger partial charge < -0.3 is 23.5 Å². The highest BCUT2D eigenvalue weighted by atomic mass is 35.5. The van der Waals surface area contributed by atoms with Crippen molar-refractivity contribution in [2.75, 3.05) is 40.0 Å². The predicted molar refractivity (Wildman–Crippen MR) is 173 cm³/mol. The van der Waals surface area contributed by atoms with Gasteiger partial charge in [-0.2, -0.15) is 0 Å². The molecule has 3 aliphatic rings. The maximum Gasteiger partial charge on any atom is 0.232 e. The fourth-order valence-electron chi connectivity index (χ4n) is 6.73. The van der Waals surface area contributed by atoms with E-state index in [4.69, 9.17) is 40.9 Å². The van der Waals surface area contributed by atoms with E-state index in [0.717, 1.165) is 98.1 Å². The highest BCUT2D eigenvalue weighted by Gasteiger charge is 2.28. The third-order valence-corrected chi connectivity index (χ3v) is 9.63. The Hall–Kier alpha value is -3.50. The summed E-state index contributed by atoms with van der Waals surface area (Å²) >= 11 is 6.14. The number of hydrogen-bond acceptors (Lipinski definition) is 8. The number of nitrogens with zero attached hydrogens (tertiary/aromatic N) is 4. The second kappa shape index (κ2) is 13.5. The van der Waals surface area contributed by atoms with Crippen LogP contribution in [0.25, 0.3) is 11.0 Å². The Morgan fingerprint density at radius 2 is 1.89 bits per heavy atom. The Morgan fingerprint density at radius 1 is 1.07 bits per heavy atom. The number of halogens is 1. The van der Waals surface area contributed by atoms with Crippen molar-refractivity contribution in [3.05, 3.63) is 88.0 Å². The van der Waals surface area contributed by atoms with Crippen LogP contribution in [0.2, 0.25) is 5.02 Å². The summed E-state index contributed by atoms with van der Waals surface area (Å²) < 4.78 is 26.0. The molecule has 5 heterocycles. The van der Waals surface area contributed by atoms with Crippen molar-refractivity contribution < 1.29 is 18.9 Å². The number of likely N-dealkylation sites (tertiary alicyclic amines) is 1. The number of benzene rings is 2. The molecule has 236 valence electrons. The molecule has 0 unspecified atom stereocenters. The van der Waals surface area contributed by atoms with Crippen LogP contribution in [0.5, 0.6) is 5.75 Å². The van der Waals surface area contributed by atoms with Crippen LogP contribution in [0, 0.1) is 5.41 Å². The fourth-order valence-corrected chi connectivity index (χ4v) is 6.85. The van der Waals surface area contributed by atoms with Crippen LogP contribution in [-0.4, -0.2) is 71.5 Å². The van der Waals surface area contributed by atoms with E-state index in [1.807, 2.05) is 36.5 Å². The van der Waals surface area contributed by atoms with Crippen LogP contribution in [0.4, 0.5) is 0 Å². The van der Waals surface area contributed by atoms with Crippen LogP contribution in [0.1, 0.15) is 65.9 Å². The number of para-hydroxylation sites is 1. The molecular weight excluding hydrogens is 590 g/mol. The highest BCUT2D eigenvalue weighted by molar-refractivity contribution is 6.30. The third kappa shape index (κ3) is 6.58. The van der Waals surface area contributed by atoms with E-state index in [1.165, 1.54) is 18.2 Å². The SMILES string of the molecule is COC(=N)c1cc2nc(CN3CCC(c4cccc5c4OC[C@@H](c4ccc(Cl)cc4)OCCC5)CC3)n(C[C@@H]3CCO3)c2cn1. The zero-order valence-electron chi connectivity index (χ0n) is 25.7. The van der Waals surface area contributed by atoms with Gasteiger partial charge in [0.25, 0.3) is 0 Å². The Bertz CT molecular complexity index is 1650. The first-order chi connectivity index (χ1) is 22.1. The monoisotopic (exact) mass is 629 g/mol. The number of aryl methyl sites for hydroxylation is 1. The van der Waals surface area contributed by atoms with Crippen molar-refractivity contribution in [1.29, 1.82) is 5.41 Å². The lowest BCUT2D eigenvalue weighted by Crippen LogP contribution is -2.35. The van der Waals surface area contributed by atoms with E-state index >= 15 is 0 Å². The quantitative estimate of drug-likeness (QED) is 0.189. The topological polar surface area (TPSA) is 94.7 Å². The summed E-state index contributed by atoms with van der Waals surface area (Å²) in [5, 5.41) is 8.77. The number of ether oxygens (including phenoxy) is 4. The Morgan fingerprint density at radius 3 is 2.64 bits per heavy atom. The van der Waals surface area contributed by atoms with Gasteiger partial charge in [-0.3, -0.25) is 10.3 Å². The normalized spacial score (nSPS) is 21.2. The van der Waals surface area contributed by atoms with Crippen molar-refractivity contribution in [1.82, 2.24) is 19.4 Å². The average Bonchev–Trinajstić information content (AvgIpc) is 3.43. The number of hydrogen-bond donors (Lipinski definition) is 1. The van der Waals surface area contributed by atoms with E-state index < -0.39 is 0 Å². The number of imidazole rings is 1. The van der Waals surface area contributed by atoms with Crippen LogP contribution in [0.15, 0.2) is 54.7 Å². The number of rotatable bonds is 7. The zero-order chi connectivity index (χ0) is 30.8. The molecule has 9 nitrogen and oxygen atoms in total. The van der Waals surface area contributed by atoms with Gasteiger partial charge >= 0.3 is 0 Å². The number of pyridine rings is 1. The van der Waals surface area contributed by atoms with Crippen molar-refractivity contribution in [2.24, 2.45) is 0 Å². The van der Waals surface area contributed by atoms with Gasteiger partial charge in [0.15, 0.2) is 0 Å². The van der Waals surface area contributed by atoms with Crippen molar-refractivity contribution in [2.45, 2.75) is 63.3 Å². The molecule has 2 atom stereocenters. The highest BCUT2D eigenvalue weighted by Crippen LogP contribution is 2.39. The summed E-state index contributed by atoms with van der Waals surface area (Å²) in [5.74, 6) is 2.53. The molecule has 2 saturated heterocycles. The van der Waals surface area contributed by atoms with Gasteiger partial charge in [-0.05, 0) is 86.0 Å². The minimum Gasteiger partial charge on any atom is -0.490 e. The zero-order valence-corrected chi connectivity index (χ0v) is 26.5. The molecule has 45 heavy (non-hydrogen) atoms. The smallest absolute Gasteiger partial charge is 0.232 e. The van der Waals surface area contributed by atoms with Gasteiger partial charge in [0.05, 0.1) is 43.5 Å². The number of aromatic nitrogens is 3. The first-order valence-electron chi connectivity index (χ1n) is 16.0. The third-order valence-electron chi connectivity index (χ3n) is 9.38. The number of piperidine rings is 1. The van der Waals surface area contributed by atoms with Crippen LogP contribution in [-0.2, 0) is 33.7 Å². The largest absolute Gasteiger partial charge is 0.490 e. The lowest BCUT2D eigenvalue weighted by atomic mass is 9.87. The molecule has 0 amide bonds. The summed E-state index contributed by atoms with van der Waals surface area (Å²) in [7, 11) is 1.49.